The monoisotopic (exact) mass is 294 g/mol. The van der Waals surface area contributed by atoms with Gasteiger partial charge in [-0.3, -0.25) is 4.79 Å². The Morgan fingerprint density at radius 3 is 2.45 bits per heavy atom. The Kier molecular flexibility index (Phi) is 10.5. The van der Waals surface area contributed by atoms with Gasteiger partial charge in [0.25, 0.3) is 0 Å². The second-order valence-electron chi connectivity index (χ2n) is 4.66. The van der Waals surface area contributed by atoms with Crippen LogP contribution in [0.2, 0.25) is 0 Å². The summed E-state index contributed by atoms with van der Waals surface area (Å²) in [6.45, 7) is 0.318. The van der Waals surface area contributed by atoms with Gasteiger partial charge < -0.3 is 36.2 Å². The van der Waals surface area contributed by atoms with E-state index in [0.717, 1.165) is 6.42 Å². The molecule has 0 aliphatic carbocycles. The van der Waals surface area contributed by atoms with Crippen molar-refractivity contribution in [3.8, 4) is 0 Å². The summed E-state index contributed by atoms with van der Waals surface area (Å²) in [6, 6.07) is -0.835. The van der Waals surface area contributed by atoms with Gasteiger partial charge in [-0.25, -0.2) is 0 Å². The van der Waals surface area contributed by atoms with Gasteiger partial charge in [0, 0.05) is 13.7 Å². The lowest BCUT2D eigenvalue weighted by molar-refractivity contribution is -0.138. The lowest BCUT2D eigenvalue weighted by Crippen LogP contribution is -2.46. The summed E-state index contributed by atoms with van der Waals surface area (Å²) in [5, 5.41) is 39.5. The number of aliphatic carboxylic acids is 1. The fourth-order valence-electron chi connectivity index (χ4n) is 1.78. The van der Waals surface area contributed by atoms with Crippen LogP contribution in [0.1, 0.15) is 19.3 Å². The van der Waals surface area contributed by atoms with Gasteiger partial charge in [0.05, 0.1) is 12.7 Å². The number of aliphatic hydroxyl groups is 3. The van der Waals surface area contributed by atoms with Crippen LogP contribution < -0.4 is 11.1 Å². The zero-order chi connectivity index (χ0) is 15.5. The Bertz CT molecular complexity index is 266. The van der Waals surface area contributed by atoms with Gasteiger partial charge in [-0.2, -0.15) is 0 Å². The summed E-state index contributed by atoms with van der Waals surface area (Å²) >= 11 is 0. The van der Waals surface area contributed by atoms with E-state index in [1.165, 1.54) is 7.11 Å². The van der Waals surface area contributed by atoms with Crippen molar-refractivity contribution < 1.29 is 30.0 Å². The van der Waals surface area contributed by atoms with E-state index in [0.29, 0.717) is 19.4 Å². The first-order valence-electron chi connectivity index (χ1n) is 6.62. The molecule has 4 atom stereocenters. The van der Waals surface area contributed by atoms with Gasteiger partial charge in [0.2, 0.25) is 0 Å². The van der Waals surface area contributed by atoms with Crippen molar-refractivity contribution in [2.45, 2.75) is 43.6 Å². The SMILES string of the molecule is CO[C@H]([C@H](O)CO)[C@H](O)CNCCCC[C@@H](N)C(=O)O. The zero-order valence-corrected chi connectivity index (χ0v) is 11.7. The molecular formula is C12H26N2O6. The molecular weight excluding hydrogens is 268 g/mol. The number of carbonyl (C=O) groups is 1. The molecule has 0 saturated carbocycles. The van der Waals surface area contributed by atoms with Crippen LogP contribution in [0.25, 0.3) is 0 Å². The Labute approximate surface area is 118 Å². The minimum Gasteiger partial charge on any atom is -0.480 e. The molecule has 8 nitrogen and oxygen atoms in total. The number of ether oxygens (including phenoxy) is 1. The second kappa shape index (κ2) is 11.0. The first-order valence-corrected chi connectivity index (χ1v) is 6.62. The number of aliphatic hydroxyl groups excluding tert-OH is 3. The standard InChI is InChI=1S/C12H26N2O6/c1-20-11(10(17)7-15)9(16)6-14-5-3-2-4-8(13)12(18)19/h8-11,14-17H,2-7,13H2,1H3,(H,18,19)/t8-,9-,10-,11+/m1/s1. The van der Waals surface area contributed by atoms with E-state index in [1.807, 2.05) is 0 Å². The number of unbranched alkanes of at least 4 members (excludes halogenated alkanes) is 1. The number of hydrogen-bond acceptors (Lipinski definition) is 7. The summed E-state index contributed by atoms with van der Waals surface area (Å²) in [5.41, 5.74) is 5.36. The van der Waals surface area contributed by atoms with E-state index in [9.17, 15) is 15.0 Å². The molecule has 0 rings (SSSR count). The molecule has 0 saturated heterocycles. The quantitative estimate of drug-likeness (QED) is 0.224. The number of carboxylic acids is 1. The molecule has 8 heteroatoms. The maximum Gasteiger partial charge on any atom is 0.320 e. The van der Waals surface area contributed by atoms with Crippen LogP contribution in [0.15, 0.2) is 0 Å². The molecule has 0 fully saturated rings. The summed E-state index contributed by atoms with van der Waals surface area (Å²) in [7, 11) is 1.35. The molecule has 0 radical (unpaired) electrons. The van der Waals surface area contributed by atoms with E-state index >= 15 is 0 Å². The molecule has 20 heavy (non-hydrogen) atoms. The van der Waals surface area contributed by atoms with Crippen molar-refractivity contribution in [3.63, 3.8) is 0 Å². The van der Waals surface area contributed by atoms with Crippen molar-refractivity contribution in [1.29, 1.82) is 0 Å². The van der Waals surface area contributed by atoms with Crippen LogP contribution in [0.5, 0.6) is 0 Å². The third kappa shape index (κ3) is 7.73. The maximum absolute atomic E-state index is 10.5. The molecule has 0 amide bonds. The normalized spacial score (nSPS) is 17.4. The fourth-order valence-corrected chi connectivity index (χ4v) is 1.78. The number of methoxy groups -OCH3 is 1. The lowest BCUT2D eigenvalue weighted by Gasteiger charge is -2.25. The van der Waals surface area contributed by atoms with E-state index in [1.54, 1.807) is 0 Å². The first-order chi connectivity index (χ1) is 9.43. The predicted molar refractivity (Wildman–Crippen MR) is 72.2 cm³/mol. The molecule has 0 spiro atoms. The number of rotatable bonds is 12. The summed E-state index contributed by atoms with van der Waals surface area (Å²) in [6.07, 6.45) is -1.12. The summed E-state index contributed by atoms with van der Waals surface area (Å²) < 4.78 is 4.92. The van der Waals surface area contributed by atoms with Crippen molar-refractivity contribution in [1.82, 2.24) is 5.32 Å². The molecule has 0 aliphatic heterocycles. The molecule has 0 bridgehead atoms. The van der Waals surface area contributed by atoms with Crippen LogP contribution in [-0.2, 0) is 9.53 Å². The average Bonchev–Trinajstić information content (AvgIpc) is 2.42. The van der Waals surface area contributed by atoms with Gasteiger partial charge in [-0.1, -0.05) is 6.42 Å². The minimum absolute atomic E-state index is 0.209. The first kappa shape index (κ1) is 19.2. The minimum atomic E-state index is -1.13. The van der Waals surface area contributed by atoms with Crippen LogP contribution in [0.3, 0.4) is 0 Å². The molecule has 0 unspecified atom stereocenters. The number of hydrogen-bond donors (Lipinski definition) is 6. The van der Waals surface area contributed by atoms with Gasteiger partial charge >= 0.3 is 5.97 Å². The highest BCUT2D eigenvalue weighted by Gasteiger charge is 2.25. The lowest BCUT2D eigenvalue weighted by atomic mass is 10.1. The topological polar surface area (TPSA) is 145 Å². The van der Waals surface area contributed by atoms with Crippen molar-refractivity contribution in [2.24, 2.45) is 5.73 Å². The predicted octanol–water partition coefficient (Wildman–Crippen LogP) is -2.11. The zero-order valence-electron chi connectivity index (χ0n) is 11.7. The fraction of sp³-hybridized carbons (Fsp3) is 0.917. The van der Waals surface area contributed by atoms with Crippen LogP contribution >= 0.6 is 0 Å². The Morgan fingerprint density at radius 2 is 1.95 bits per heavy atom. The van der Waals surface area contributed by atoms with Crippen LogP contribution in [0.4, 0.5) is 0 Å². The molecule has 0 aromatic heterocycles. The van der Waals surface area contributed by atoms with Crippen molar-refractivity contribution in [2.75, 3.05) is 26.8 Å². The molecule has 0 aromatic carbocycles. The highest BCUT2D eigenvalue weighted by atomic mass is 16.5. The van der Waals surface area contributed by atoms with Gasteiger partial charge in [0.1, 0.15) is 18.2 Å². The smallest absolute Gasteiger partial charge is 0.320 e. The number of nitrogens with two attached hydrogens (primary N) is 1. The molecule has 0 aromatic rings. The van der Waals surface area contributed by atoms with Gasteiger partial charge in [-0.05, 0) is 19.4 Å². The second-order valence-corrected chi connectivity index (χ2v) is 4.66. The Hall–Kier alpha value is -0.770. The van der Waals surface area contributed by atoms with Gasteiger partial charge in [-0.15, -0.1) is 0 Å². The summed E-state index contributed by atoms with van der Waals surface area (Å²) in [5.74, 6) is -1.01. The van der Waals surface area contributed by atoms with E-state index in [4.69, 9.17) is 20.7 Å². The van der Waals surface area contributed by atoms with Crippen LogP contribution in [0, 0.1) is 0 Å². The molecule has 0 heterocycles. The van der Waals surface area contributed by atoms with E-state index in [-0.39, 0.29) is 6.54 Å². The van der Waals surface area contributed by atoms with Crippen LogP contribution in [-0.4, -0.2) is 77.6 Å². The number of nitrogens with one attached hydrogen (secondary N) is 1. The molecule has 7 N–H and O–H groups in total. The summed E-state index contributed by atoms with van der Waals surface area (Å²) in [4.78, 5) is 10.5. The Morgan fingerprint density at radius 1 is 1.30 bits per heavy atom. The van der Waals surface area contributed by atoms with Crippen molar-refractivity contribution >= 4 is 5.97 Å². The highest BCUT2D eigenvalue weighted by Crippen LogP contribution is 2.04. The molecule has 0 aliphatic rings. The Balaban J connectivity index is 3.70. The van der Waals surface area contributed by atoms with Gasteiger partial charge in [0.15, 0.2) is 0 Å². The molecule has 120 valence electrons. The van der Waals surface area contributed by atoms with E-state index in [2.05, 4.69) is 5.32 Å². The number of carboxylic acid groups (broad SMARTS) is 1. The van der Waals surface area contributed by atoms with Crippen molar-refractivity contribution in [3.05, 3.63) is 0 Å². The highest BCUT2D eigenvalue weighted by molar-refractivity contribution is 5.72. The third-order valence-electron chi connectivity index (χ3n) is 3.01. The third-order valence-corrected chi connectivity index (χ3v) is 3.01. The van der Waals surface area contributed by atoms with E-state index < -0.39 is 36.9 Å². The maximum atomic E-state index is 10.5. The largest absolute Gasteiger partial charge is 0.480 e. The average molecular weight is 294 g/mol.